The van der Waals surface area contributed by atoms with E-state index in [0.717, 1.165) is 37.7 Å². The molecule has 0 heterocycles. The third kappa shape index (κ3) is 5.25. The molecule has 5 atom stereocenters. The number of hydrogen-bond donors (Lipinski definition) is 2. The molecule has 2 aliphatic carbocycles. The van der Waals surface area contributed by atoms with Crippen LogP contribution in [0.5, 0.6) is 5.75 Å². The highest BCUT2D eigenvalue weighted by Gasteiger charge is 2.44. The Bertz CT molecular complexity index is 658. The number of carboxylic acid groups (broad SMARTS) is 1. The van der Waals surface area contributed by atoms with Gasteiger partial charge in [-0.05, 0) is 74.0 Å². The summed E-state index contributed by atoms with van der Waals surface area (Å²) in [5.41, 5.74) is 2.27. The molecule has 1 saturated carbocycles. The fourth-order valence-corrected chi connectivity index (χ4v) is 4.67. The van der Waals surface area contributed by atoms with Crippen LogP contribution in [0.1, 0.15) is 51.2 Å². The number of carbonyl (C=O) groups excluding carboxylic acids is 1. The number of fused-ring (bicyclic) bond motifs is 2. The smallest absolute Gasteiger partial charge is 0.341 e. The van der Waals surface area contributed by atoms with Crippen LogP contribution in [0.4, 0.5) is 0 Å². The molecule has 2 aliphatic rings. The minimum Gasteiger partial charge on any atom is -0.482 e. The Morgan fingerprint density at radius 3 is 2.75 bits per heavy atom. The van der Waals surface area contributed by atoms with Crippen molar-refractivity contribution in [2.75, 3.05) is 6.61 Å². The Kier molecular flexibility index (Phi) is 8.30. The number of rotatable bonds is 8. The lowest BCUT2D eigenvalue weighted by molar-refractivity contribution is -0.139. The van der Waals surface area contributed by atoms with Gasteiger partial charge in [-0.25, -0.2) is 4.79 Å². The average Bonchev–Trinajstić information content (AvgIpc) is 2.98. The summed E-state index contributed by atoms with van der Waals surface area (Å²) in [5, 5.41) is 19.4. The zero-order valence-electron chi connectivity index (χ0n) is 17.0. The lowest BCUT2D eigenvalue weighted by Gasteiger charge is -2.32. The predicted molar refractivity (Wildman–Crippen MR) is 105 cm³/mol. The highest BCUT2D eigenvalue weighted by atomic mass is 16.5. The van der Waals surface area contributed by atoms with Gasteiger partial charge in [-0.3, -0.25) is 4.79 Å². The monoisotopic (exact) mass is 392 g/mol. The highest BCUT2D eigenvalue weighted by molar-refractivity contribution is 5.68. The summed E-state index contributed by atoms with van der Waals surface area (Å²) in [6.07, 6.45) is 3.54. The van der Waals surface area contributed by atoms with Crippen molar-refractivity contribution in [2.24, 2.45) is 17.8 Å². The zero-order valence-corrected chi connectivity index (χ0v) is 17.0. The van der Waals surface area contributed by atoms with Crippen molar-refractivity contribution in [1.29, 1.82) is 0 Å². The van der Waals surface area contributed by atoms with Crippen molar-refractivity contribution < 1.29 is 29.3 Å². The molecule has 1 aromatic rings. The quantitative estimate of drug-likeness (QED) is 0.660. The predicted octanol–water partition coefficient (Wildman–Crippen LogP) is 3.23. The molecule has 28 heavy (non-hydrogen) atoms. The Morgan fingerprint density at radius 1 is 1.32 bits per heavy atom. The van der Waals surface area contributed by atoms with E-state index in [4.69, 9.17) is 14.6 Å². The minimum absolute atomic E-state index is 0.134. The molecule has 0 radical (unpaired) electrons. The van der Waals surface area contributed by atoms with E-state index < -0.39 is 5.97 Å². The van der Waals surface area contributed by atoms with Crippen LogP contribution >= 0.6 is 0 Å². The molecule has 6 heteroatoms. The second-order valence-corrected chi connectivity index (χ2v) is 7.50. The molecular formula is C22H32O6. The zero-order chi connectivity index (χ0) is 20.7. The maximum absolute atomic E-state index is 10.8. The van der Waals surface area contributed by atoms with E-state index >= 15 is 0 Å². The summed E-state index contributed by atoms with van der Waals surface area (Å²) in [5.74, 6) is 0.637. The van der Waals surface area contributed by atoms with Gasteiger partial charge in [0.05, 0.1) is 12.2 Å². The summed E-state index contributed by atoms with van der Waals surface area (Å²) >= 11 is 0. The van der Waals surface area contributed by atoms with Crippen LogP contribution in [-0.4, -0.2) is 41.5 Å². The van der Waals surface area contributed by atoms with E-state index in [1.807, 2.05) is 32.9 Å². The van der Waals surface area contributed by atoms with Crippen LogP contribution in [-0.2, 0) is 27.2 Å². The molecular weight excluding hydrogens is 360 g/mol. The van der Waals surface area contributed by atoms with Gasteiger partial charge in [-0.15, -0.1) is 0 Å². The van der Waals surface area contributed by atoms with Crippen molar-refractivity contribution >= 4 is 12.4 Å². The van der Waals surface area contributed by atoms with E-state index in [1.54, 1.807) is 0 Å². The van der Waals surface area contributed by atoms with Crippen molar-refractivity contribution in [1.82, 2.24) is 0 Å². The summed E-state index contributed by atoms with van der Waals surface area (Å²) in [4.78, 5) is 21.2. The van der Waals surface area contributed by atoms with E-state index in [1.165, 1.54) is 5.56 Å². The van der Waals surface area contributed by atoms with Crippen LogP contribution in [0, 0.1) is 17.8 Å². The van der Waals surface area contributed by atoms with Gasteiger partial charge in [0.2, 0.25) is 0 Å². The maximum atomic E-state index is 10.8. The number of aliphatic carboxylic acids is 1. The topological polar surface area (TPSA) is 93.1 Å². The number of benzene rings is 1. The normalized spacial score (nSPS) is 26.1. The number of aliphatic hydroxyl groups excluding tert-OH is 1. The molecule has 0 bridgehead atoms. The van der Waals surface area contributed by atoms with E-state index in [0.29, 0.717) is 24.1 Å². The molecule has 0 aliphatic heterocycles. The third-order valence-electron chi connectivity index (χ3n) is 5.89. The molecule has 0 amide bonds. The number of hydrogen-bond acceptors (Lipinski definition) is 5. The molecule has 2 N–H and O–H groups in total. The molecule has 0 unspecified atom stereocenters. The van der Waals surface area contributed by atoms with Gasteiger partial charge < -0.3 is 19.7 Å². The van der Waals surface area contributed by atoms with Gasteiger partial charge in [0.1, 0.15) is 5.75 Å². The van der Waals surface area contributed by atoms with E-state index in [-0.39, 0.29) is 24.7 Å². The molecule has 0 aromatic heterocycles. The van der Waals surface area contributed by atoms with Crippen LogP contribution in [0.25, 0.3) is 0 Å². The molecule has 156 valence electrons. The molecule has 3 rings (SSSR count). The first kappa shape index (κ1) is 22.2. The molecule has 1 fully saturated rings. The number of carbonyl (C=O) groups is 2. The Hall–Kier alpha value is -2.08. The lowest BCUT2D eigenvalue weighted by Crippen LogP contribution is -2.28. The average molecular weight is 392 g/mol. The number of carboxylic acids is 1. The Morgan fingerprint density at radius 2 is 2.07 bits per heavy atom. The van der Waals surface area contributed by atoms with Gasteiger partial charge >= 0.3 is 5.97 Å². The summed E-state index contributed by atoms with van der Waals surface area (Å²) in [6.45, 7) is 6.01. The van der Waals surface area contributed by atoms with Crippen molar-refractivity contribution in [3.05, 3.63) is 29.3 Å². The van der Waals surface area contributed by atoms with Crippen molar-refractivity contribution in [2.45, 2.75) is 65.1 Å². The minimum atomic E-state index is -0.987. The van der Waals surface area contributed by atoms with Crippen molar-refractivity contribution in [3.8, 4) is 5.75 Å². The lowest BCUT2D eigenvalue weighted by atomic mass is 9.73. The van der Waals surface area contributed by atoms with Crippen LogP contribution in [0.15, 0.2) is 18.2 Å². The van der Waals surface area contributed by atoms with Crippen LogP contribution in [0.3, 0.4) is 0 Å². The van der Waals surface area contributed by atoms with Crippen LogP contribution in [0.2, 0.25) is 0 Å². The SMILES string of the molecule is CC.C[C@@H](CC[C@@H]1[C@H]2Cc3cccc(OCC(=O)O)c3C[C@H]2C[C@H]1O)OC=O. The fourth-order valence-electron chi connectivity index (χ4n) is 4.67. The van der Waals surface area contributed by atoms with Gasteiger partial charge in [0, 0.05) is 0 Å². The highest BCUT2D eigenvalue weighted by Crippen LogP contribution is 2.48. The second-order valence-electron chi connectivity index (χ2n) is 7.50. The number of ether oxygens (including phenoxy) is 2. The standard InChI is InChI=1S/C20H26O6.C2H6/c1-12(26-11-21)5-6-15-16-7-13-3-2-4-19(25-10-20(23)24)17(13)8-14(16)9-18(15)22;1-2/h2-4,11-12,14-16,18,22H,5-10H2,1H3,(H,23,24);1-2H3/t12-,14-,15+,16-,18+;/m0./s1. The summed E-state index contributed by atoms with van der Waals surface area (Å²) in [7, 11) is 0. The second kappa shape index (κ2) is 10.5. The van der Waals surface area contributed by atoms with Gasteiger partial charge in [0.15, 0.2) is 6.61 Å². The van der Waals surface area contributed by atoms with Gasteiger partial charge in [-0.2, -0.15) is 0 Å². The first-order valence-electron chi connectivity index (χ1n) is 10.2. The van der Waals surface area contributed by atoms with Crippen molar-refractivity contribution in [3.63, 3.8) is 0 Å². The third-order valence-corrected chi connectivity index (χ3v) is 5.89. The molecule has 6 nitrogen and oxygen atoms in total. The van der Waals surface area contributed by atoms with E-state index in [2.05, 4.69) is 6.07 Å². The Labute approximate surface area is 166 Å². The fraction of sp³-hybridized carbons (Fsp3) is 0.636. The molecule has 0 spiro atoms. The summed E-state index contributed by atoms with van der Waals surface area (Å²) in [6, 6.07) is 5.79. The Balaban J connectivity index is 0.00000136. The first-order chi connectivity index (χ1) is 13.5. The van der Waals surface area contributed by atoms with E-state index in [9.17, 15) is 14.7 Å². The molecule has 0 saturated heterocycles. The van der Waals surface area contributed by atoms with Gasteiger partial charge in [-0.1, -0.05) is 26.0 Å². The first-order valence-corrected chi connectivity index (χ1v) is 10.2. The van der Waals surface area contributed by atoms with Crippen LogP contribution < -0.4 is 4.74 Å². The maximum Gasteiger partial charge on any atom is 0.341 e. The summed E-state index contributed by atoms with van der Waals surface area (Å²) < 4.78 is 10.4. The largest absolute Gasteiger partial charge is 0.482 e. The number of aliphatic hydroxyl groups is 1. The van der Waals surface area contributed by atoms with Gasteiger partial charge in [0.25, 0.3) is 6.47 Å². The molecule has 1 aromatic carbocycles.